The van der Waals surface area contributed by atoms with Crippen LogP contribution in [-0.4, -0.2) is 61.3 Å². The minimum atomic E-state index is -0.956. The molecule has 2 aromatic heterocycles. The number of aromatic carboxylic acids is 1. The van der Waals surface area contributed by atoms with Gasteiger partial charge in [0.1, 0.15) is 18.2 Å². The lowest BCUT2D eigenvalue weighted by Crippen LogP contribution is -2.33. The Hall–Kier alpha value is -4.59. The average Bonchev–Trinajstić information content (AvgIpc) is 3.78. The summed E-state index contributed by atoms with van der Waals surface area (Å²) in [4.78, 5) is 27.8. The lowest BCUT2D eigenvalue weighted by molar-refractivity contribution is -0.0591. The van der Waals surface area contributed by atoms with Gasteiger partial charge >= 0.3 is 5.97 Å². The molecule has 2 aliphatic heterocycles. The lowest BCUT2D eigenvalue weighted by atomic mass is 10.1. The van der Waals surface area contributed by atoms with Crippen LogP contribution in [0.3, 0.4) is 0 Å². The van der Waals surface area contributed by atoms with Crippen molar-refractivity contribution in [3.8, 4) is 17.7 Å². The molecule has 0 spiro atoms. The van der Waals surface area contributed by atoms with Gasteiger partial charge in [-0.05, 0) is 61.6 Å². The number of halogens is 1. The highest BCUT2D eigenvalue weighted by molar-refractivity contribution is 5.92. The Morgan fingerprint density at radius 3 is 2.75 bits per heavy atom. The number of rotatable bonds is 9. The van der Waals surface area contributed by atoms with Crippen molar-refractivity contribution < 1.29 is 23.8 Å². The van der Waals surface area contributed by atoms with Crippen LogP contribution in [-0.2, 0) is 24.4 Å². The van der Waals surface area contributed by atoms with Crippen LogP contribution < -0.4 is 4.74 Å². The first-order valence-electron chi connectivity index (χ1n) is 15.0. The minimum absolute atomic E-state index is 0.0618. The second-order valence-corrected chi connectivity index (χ2v) is 11.5. The van der Waals surface area contributed by atoms with Crippen LogP contribution in [0.15, 0.2) is 54.7 Å². The van der Waals surface area contributed by atoms with Crippen molar-refractivity contribution in [2.75, 3.05) is 19.7 Å². The van der Waals surface area contributed by atoms with Crippen LogP contribution in [0.5, 0.6) is 5.88 Å². The molecule has 1 saturated heterocycles. The Morgan fingerprint density at radius 2 is 2.02 bits per heavy atom. The van der Waals surface area contributed by atoms with Crippen LogP contribution >= 0.6 is 0 Å². The maximum atomic E-state index is 14.6. The van der Waals surface area contributed by atoms with Crippen molar-refractivity contribution >= 4 is 22.6 Å². The fraction of sp³-hybridized carbons (Fsp3) is 0.353. The Morgan fingerprint density at radius 1 is 1.14 bits per heavy atom. The maximum Gasteiger partial charge on any atom is 0.335 e. The topological polar surface area (TPSA) is 103 Å². The van der Waals surface area contributed by atoms with E-state index < -0.39 is 5.97 Å². The third-order valence-corrected chi connectivity index (χ3v) is 8.26. The van der Waals surface area contributed by atoms with Gasteiger partial charge in [-0.25, -0.2) is 19.2 Å². The third-order valence-electron chi connectivity index (χ3n) is 8.26. The highest BCUT2D eigenvalue weighted by Crippen LogP contribution is 2.28. The van der Waals surface area contributed by atoms with E-state index in [4.69, 9.17) is 14.5 Å². The SMILES string of the molecule is O=C(O)c1ccc2nc(CN3CC=C(c4nccc(OCc5ccc(C#CC6CC6)cc5F)n4)CC3)n(CC3CCO3)c2c1. The average molecular weight is 594 g/mol. The molecule has 1 saturated carbocycles. The molecule has 2 fully saturated rings. The fourth-order valence-electron chi connectivity index (χ4n) is 5.40. The number of carboxylic acids is 1. The first-order chi connectivity index (χ1) is 21.5. The van der Waals surface area contributed by atoms with Crippen molar-refractivity contribution in [1.29, 1.82) is 0 Å². The number of ether oxygens (including phenoxy) is 2. The van der Waals surface area contributed by atoms with E-state index in [0.29, 0.717) is 48.4 Å². The van der Waals surface area contributed by atoms with Gasteiger partial charge in [-0.2, -0.15) is 4.98 Å². The summed E-state index contributed by atoms with van der Waals surface area (Å²) in [5.74, 6) is 7.25. The summed E-state index contributed by atoms with van der Waals surface area (Å²) in [7, 11) is 0. The number of aromatic nitrogens is 4. The number of nitrogens with zero attached hydrogens (tertiary/aromatic N) is 5. The summed E-state index contributed by atoms with van der Waals surface area (Å²) < 4.78 is 28.3. The Labute approximate surface area is 254 Å². The number of carboxylic acid groups (broad SMARTS) is 1. The van der Waals surface area contributed by atoms with E-state index >= 15 is 0 Å². The largest absolute Gasteiger partial charge is 0.478 e. The summed E-state index contributed by atoms with van der Waals surface area (Å²) in [6.45, 7) is 3.55. The molecule has 9 nitrogen and oxygen atoms in total. The maximum absolute atomic E-state index is 14.6. The van der Waals surface area contributed by atoms with Crippen molar-refractivity contribution in [3.05, 3.63) is 88.9 Å². The Kier molecular flexibility index (Phi) is 7.81. The first kappa shape index (κ1) is 28.2. The summed E-state index contributed by atoms with van der Waals surface area (Å²) in [5, 5.41) is 9.51. The molecular weight excluding hydrogens is 561 g/mol. The summed E-state index contributed by atoms with van der Waals surface area (Å²) in [5.41, 5.74) is 3.99. The minimum Gasteiger partial charge on any atom is -0.478 e. The number of benzene rings is 2. The zero-order valence-electron chi connectivity index (χ0n) is 24.2. The van der Waals surface area contributed by atoms with Gasteiger partial charge in [-0.1, -0.05) is 24.0 Å². The lowest BCUT2D eigenvalue weighted by Gasteiger charge is -2.29. The molecule has 224 valence electrons. The number of carbonyl (C=O) groups is 1. The number of fused-ring (bicyclic) bond motifs is 1. The van der Waals surface area contributed by atoms with Crippen LogP contribution in [0, 0.1) is 23.6 Å². The van der Waals surface area contributed by atoms with Crippen molar-refractivity contribution in [1.82, 2.24) is 24.4 Å². The van der Waals surface area contributed by atoms with Crippen molar-refractivity contribution in [2.24, 2.45) is 5.92 Å². The molecule has 0 bridgehead atoms. The Bertz CT molecular complexity index is 1820. The molecule has 2 aromatic carbocycles. The first-order valence-corrected chi connectivity index (χ1v) is 15.0. The van der Waals surface area contributed by atoms with Gasteiger partial charge in [0.2, 0.25) is 5.88 Å². The van der Waals surface area contributed by atoms with Gasteiger partial charge in [0.05, 0.1) is 35.8 Å². The van der Waals surface area contributed by atoms with Crippen LogP contribution in [0.4, 0.5) is 4.39 Å². The quantitative estimate of drug-likeness (QED) is 0.268. The van der Waals surface area contributed by atoms with Gasteiger partial charge in [0.25, 0.3) is 0 Å². The molecule has 0 radical (unpaired) electrons. The van der Waals surface area contributed by atoms with Crippen molar-refractivity contribution in [2.45, 2.75) is 51.5 Å². The molecule has 1 atom stereocenters. The highest BCUT2D eigenvalue weighted by atomic mass is 19.1. The fourth-order valence-corrected chi connectivity index (χ4v) is 5.40. The summed E-state index contributed by atoms with van der Waals surface area (Å²) >= 11 is 0. The van der Waals surface area contributed by atoms with Gasteiger partial charge in [-0.15, -0.1) is 0 Å². The molecule has 44 heavy (non-hydrogen) atoms. The normalized spacial score (nSPS) is 18.3. The summed E-state index contributed by atoms with van der Waals surface area (Å²) in [6, 6.07) is 11.7. The van der Waals surface area contributed by atoms with Crippen LogP contribution in [0.2, 0.25) is 0 Å². The zero-order chi connectivity index (χ0) is 30.0. The smallest absolute Gasteiger partial charge is 0.335 e. The van der Waals surface area contributed by atoms with Gasteiger partial charge in [0, 0.05) is 49.0 Å². The molecular formula is C34H32FN5O4. The van der Waals surface area contributed by atoms with E-state index in [1.807, 2.05) is 6.07 Å². The van der Waals surface area contributed by atoms with Gasteiger partial charge in [-0.3, -0.25) is 4.90 Å². The molecule has 4 aromatic rings. The zero-order valence-corrected chi connectivity index (χ0v) is 24.2. The number of hydrogen-bond donors (Lipinski definition) is 1. The molecule has 3 aliphatic rings. The van der Waals surface area contributed by atoms with Crippen LogP contribution in [0.1, 0.15) is 58.8 Å². The molecule has 1 N–H and O–H groups in total. The highest BCUT2D eigenvalue weighted by Gasteiger charge is 2.24. The Balaban J connectivity index is 1.01. The molecule has 1 unspecified atom stereocenters. The van der Waals surface area contributed by atoms with E-state index in [9.17, 15) is 14.3 Å². The van der Waals surface area contributed by atoms with Gasteiger partial charge in [0.15, 0.2) is 5.82 Å². The molecule has 7 rings (SSSR count). The molecule has 10 heteroatoms. The van der Waals surface area contributed by atoms with E-state index in [-0.39, 0.29) is 24.1 Å². The van der Waals surface area contributed by atoms with E-state index in [1.54, 1.807) is 36.5 Å². The monoisotopic (exact) mass is 593 g/mol. The van der Waals surface area contributed by atoms with E-state index in [0.717, 1.165) is 61.3 Å². The second-order valence-electron chi connectivity index (χ2n) is 11.5. The molecule has 4 heterocycles. The predicted octanol–water partition coefficient (Wildman–Crippen LogP) is 5.08. The van der Waals surface area contributed by atoms with Crippen LogP contribution in [0.25, 0.3) is 16.6 Å². The molecule has 0 amide bonds. The van der Waals surface area contributed by atoms with Gasteiger partial charge < -0.3 is 19.1 Å². The summed E-state index contributed by atoms with van der Waals surface area (Å²) in [6.07, 6.45) is 7.89. The third kappa shape index (κ3) is 6.34. The van der Waals surface area contributed by atoms with E-state index in [1.165, 1.54) is 6.07 Å². The standard InChI is InChI=1S/C34H32FN5O4/c35-28-17-23(4-3-22-1-2-22)5-6-26(28)21-44-32-9-13-36-33(38-32)24-10-14-39(15-11-24)20-31-37-29-8-7-25(34(41)42)18-30(29)40(31)19-27-12-16-43-27/h5-10,13,17-18,22,27H,1-2,11-12,14-16,19-21H2,(H,41,42). The van der Waals surface area contributed by atoms with Crippen molar-refractivity contribution in [3.63, 3.8) is 0 Å². The number of hydrogen-bond acceptors (Lipinski definition) is 7. The molecule has 1 aliphatic carbocycles. The second kappa shape index (κ2) is 12.2. The predicted molar refractivity (Wildman–Crippen MR) is 161 cm³/mol. The van der Waals surface area contributed by atoms with E-state index in [2.05, 4.69) is 37.4 Å². The number of imidazole rings is 1.